The van der Waals surface area contributed by atoms with Gasteiger partial charge < -0.3 is 9.64 Å². The first-order valence-corrected chi connectivity index (χ1v) is 6.80. The summed E-state index contributed by atoms with van der Waals surface area (Å²) in [6.45, 7) is 2.10. The van der Waals surface area contributed by atoms with Crippen LogP contribution in [-0.4, -0.2) is 31.3 Å². The van der Waals surface area contributed by atoms with Crippen molar-refractivity contribution in [1.82, 2.24) is 4.98 Å². The van der Waals surface area contributed by atoms with Crippen LogP contribution >= 0.6 is 0 Å². The van der Waals surface area contributed by atoms with Gasteiger partial charge in [-0.3, -0.25) is 4.98 Å². The molecule has 1 fully saturated rings. The van der Waals surface area contributed by atoms with Gasteiger partial charge in [0.15, 0.2) is 0 Å². The first-order chi connectivity index (χ1) is 12.0. The summed E-state index contributed by atoms with van der Waals surface area (Å²) in [6.07, 6.45) is 1.68. The van der Waals surface area contributed by atoms with Gasteiger partial charge in [0.2, 0.25) is 0 Å². The number of aromatic nitrogens is 1. The normalized spacial score (nSPS) is 17.4. The highest BCUT2D eigenvalue weighted by atomic mass is 16.5. The van der Waals surface area contributed by atoms with Crippen LogP contribution in [0.3, 0.4) is 0 Å². The van der Waals surface area contributed by atoms with Gasteiger partial charge in [0.1, 0.15) is 0 Å². The second kappa shape index (κ2) is 6.38. The van der Waals surface area contributed by atoms with Crippen molar-refractivity contribution in [2.75, 3.05) is 31.2 Å². The zero-order valence-electron chi connectivity index (χ0n) is 15.5. The zero-order chi connectivity index (χ0) is 18.0. The van der Waals surface area contributed by atoms with Gasteiger partial charge in [0.25, 0.3) is 0 Å². The quantitative estimate of drug-likeness (QED) is 0.869. The van der Waals surface area contributed by atoms with E-state index in [1.165, 1.54) is 6.20 Å². The van der Waals surface area contributed by atoms with Crippen molar-refractivity contribution in [1.29, 1.82) is 5.26 Å². The molecular weight excluding hydrogens is 262 g/mol. The molecule has 0 amide bonds. The number of nitrogens with zero attached hydrogens (tertiary/aromatic N) is 3. The number of pyridine rings is 1. The minimum Gasteiger partial charge on any atom is -0.378 e. The Morgan fingerprint density at radius 3 is 2.57 bits per heavy atom. The molecule has 0 atom stereocenters. The second-order valence-electron chi connectivity index (χ2n) is 4.70. The molecule has 0 bridgehead atoms. The summed E-state index contributed by atoms with van der Waals surface area (Å²) < 4.78 is 38.6. The average molecular weight is 283 g/mol. The van der Waals surface area contributed by atoms with Gasteiger partial charge in [0, 0.05) is 30.5 Å². The van der Waals surface area contributed by atoms with Crippen molar-refractivity contribution < 1.29 is 10.2 Å². The molecule has 1 aliphatic rings. The van der Waals surface area contributed by atoms with Crippen molar-refractivity contribution in [2.45, 2.75) is 6.42 Å². The number of anilines is 1. The highest BCUT2D eigenvalue weighted by Crippen LogP contribution is 2.23. The Balaban J connectivity index is 2.08. The molecule has 1 aromatic heterocycles. The van der Waals surface area contributed by atoms with Crippen LogP contribution in [0, 0.1) is 11.3 Å². The van der Waals surface area contributed by atoms with Crippen LogP contribution < -0.4 is 4.90 Å². The van der Waals surface area contributed by atoms with Crippen LogP contribution in [0.1, 0.15) is 11.2 Å². The molecule has 0 N–H and O–H groups in total. The highest BCUT2D eigenvalue weighted by molar-refractivity contribution is 5.65. The molecular formula is C17H17N3O. The molecule has 4 heteroatoms. The molecule has 0 spiro atoms. The molecule has 3 rings (SSSR count). The number of morpholine rings is 1. The summed E-state index contributed by atoms with van der Waals surface area (Å²) in [7, 11) is 0. The van der Waals surface area contributed by atoms with Gasteiger partial charge in [-0.05, 0) is 23.7 Å². The lowest BCUT2D eigenvalue weighted by Gasteiger charge is -2.28. The lowest BCUT2D eigenvalue weighted by atomic mass is 10.1. The van der Waals surface area contributed by atoms with Gasteiger partial charge >= 0.3 is 0 Å². The fourth-order valence-corrected chi connectivity index (χ4v) is 2.15. The van der Waals surface area contributed by atoms with E-state index in [-0.39, 0.29) is 36.2 Å². The molecule has 2 aromatic rings. The summed E-state index contributed by atoms with van der Waals surface area (Å²) in [5.41, 5.74) is 1.65. The Morgan fingerprint density at radius 2 is 1.95 bits per heavy atom. The Kier molecular flexibility index (Phi) is 2.90. The van der Waals surface area contributed by atoms with Crippen LogP contribution in [0.2, 0.25) is 0 Å². The van der Waals surface area contributed by atoms with Crippen LogP contribution in [0.4, 0.5) is 5.69 Å². The average Bonchev–Trinajstić information content (AvgIpc) is 2.63. The number of rotatable bonds is 3. The van der Waals surface area contributed by atoms with Gasteiger partial charge in [-0.1, -0.05) is 18.2 Å². The maximum Gasteiger partial charge on any atom is 0.0774 e. The van der Waals surface area contributed by atoms with E-state index in [9.17, 15) is 0 Å². The molecule has 0 radical (unpaired) electrons. The van der Waals surface area contributed by atoms with Crippen molar-refractivity contribution in [2.24, 2.45) is 0 Å². The molecule has 1 saturated heterocycles. The molecule has 0 unspecified atom stereocenters. The van der Waals surface area contributed by atoms with E-state index in [0.29, 0.717) is 43.2 Å². The van der Waals surface area contributed by atoms with Gasteiger partial charge in [-0.2, -0.15) is 5.26 Å². The smallest absolute Gasteiger partial charge is 0.0774 e. The van der Waals surface area contributed by atoms with Crippen LogP contribution in [0.5, 0.6) is 0 Å². The largest absolute Gasteiger partial charge is 0.378 e. The maximum absolute atomic E-state index is 8.71. The lowest BCUT2D eigenvalue weighted by Crippen LogP contribution is -2.36. The van der Waals surface area contributed by atoms with E-state index in [2.05, 4.69) is 4.98 Å². The molecule has 1 aromatic carbocycles. The first kappa shape index (κ1) is 9.54. The minimum absolute atomic E-state index is 0.0565. The Hall–Kier alpha value is -2.38. The number of nitriles is 1. The Labute approximate surface area is 130 Å². The molecule has 106 valence electrons. The predicted molar refractivity (Wildman–Crippen MR) is 82.0 cm³/mol. The highest BCUT2D eigenvalue weighted by Gasteiger charge is 2.10. The maximum atomic E-state index is 8.71. The van der Waals surface area contributed by atoms with Crippen molar-refractivity contribution in [3.05, 3.63) is 48.2 Å². The fraction of sp³-hybridized carbons (Fsp3) is 0.294. The monoisotopic (exact) mass is 283 g/mol. The van der Waals surface area contributed by atoms with Gasteiger partial charge in [0.05, 0.1) is 36.9 Å². The van der Waals surface area contributed by atoms with Crippen LogP contribution in [0.25, 0.3) is 11.1 Å². The third-order valence-electron chi connectivity index (χ3n) is 3.31. The lowest BCUT2D eigenvalue weighted by molar-refractivity contribution is 0.122. The molecule has 21 heavy (non-hydrogen) atoms. The topological polar surface area (TPSA) is 49.1 Å². The summed E-state index contributed by atoms with van der Waals surface area (Å²) in [4.78, 5) is 6.00. The van der Waals surface area contributed by atoms with Crippen molar-refractivity contribution in [3.63, 3.8) is 0 Å². The van der Waals surface area contributed by atoms with E-state index < -0.39 is 0 Å². The van der Waals surface area contributed by atoms with E-state index in [0.717, 1.165) is 0 Å². The van der Waals surface area contributed by atoms with E-state index in [4.69, 9.17) is 15.5 Å². The standard InChI is InChI=1S/C17H17N3O/c18-8-7-16-4-1-15(13-19-16)14-2-5-17(6-3-14)20-9-11-21-12-10-20/h1-6,13H,7,9-12H2/i2D,3D,5D,6D. The molecule has 1 aliphatic heterocycles. The first-order valence-electron chi connectivity index (χ1n) is 8.80. The SMILES string of the molecule is [2H]c1c([2H])c(N2CCOCC2)c([2H])c([2H])c1-c1ccc(CC#N)nc1. The molecule has 4 nitrogen and oxygen atoms in total. The van der Waals surface area contributed by atoms with Crippen LogP contribution in [0.15, 0.2) is 42.5 Å². The van der Waals surface area contributed by atoms with Crippen LogP contribution in [-0.2, 0) is 11.2 Å². The van der Waals surface area contributed by atoms with E-state index in [1.54, 1.807) is 12.1 Å². The summed E-state index contributed by atoms with van der Waals surface area (Å²) in [5, 5.41) is 8.71. The fourth-order valence-electron chi connectivity index (χ4n) is 2.15. The predicted octanol–water partition coefficient (Wildman–Crippen LogP) is 2.65. The zero-order valence-corrected chi connectivity index (χ0v) is 11.5. The van der Waals surface area contributed by atoms with E-state index >= 15 is 0 Å². The van der Waals surface area contributed by atoms with Gasteiger partial charge in [-0.15, -0.1) is 0 Å². The summed E-state index contributed by atoms with van der Waals surface area (Å²) >= 11 is 0. The Morgan fingerprint density at radius 1 is 1.19 bits per heavy atom. The minimum atomic E-state index is -0.0858. The number of ether oxygens (including phenoxy) is 1. The third kappa shape index (κ3) is 3.21. The van der Waals surface area contributed by atoms with Crippen molar-refractivity contribution in [3.8, 4) is 17.2 Å². The molecule has 2 heterocycles. The summed E-state index contributed by atoms with van der Waals surface area (Å²) in [5.74, 6) is 0. The Bertz CT molecular complexity index is 798. The number of benzene rings is 1. The second-order valence-corrected chi connectivity index (χ2v) is 4.70. The summed E-state index contributed by atoms with van der Waals surface area (Å²) in [6, 6.07) is 5.08. The van der Waals surface area contributed by atoms with Crippen molar-refractivity contribution >= 4 is 5.69 Å². The molecule has 0 saturated carbocycles. The third-order valence-corrected chi connectivity index (χ3v) is 3.31. The van der Waals surface area contributed by atoms with E-state index in [1.807, 2.05) is 11.0 Å². The number of hydrogen-bond donors (Lipinski definition) is 0. The number of hydrogen-bond acceptors (Lipinski definition) is 4. The van der Waals surface area contributed by atoms with Gasteiger partial charge in [-0.25, -0.2) is 0 Å². The molecule has 0 aliphatic carbocycles.